The number of aromatic nitrogens is 3. The van der Waals surface area contributed by atoms with E-state index in [1.54, 1.807) is 27.1 Å². The Labute approximate surface area is 157 Å². The molecule has 0 aliphatic carbocycles. The Morgan fingerprint density at radius 3 is 2.67 bits per heavy atom. The van der Waals surface area contributed by atoms with Crippen LogP contribution in [-0.2, 0) is 15.4 Å². The monoisotopic (exact) mass is 394 g/mol. The summed E-state index contributed by atoms with van der Waals surface area (Å²) in [6.07, 6.45) is 1.36. The van der Waals surface area contributed by atoms with Crippen LogP contribution >= 0.6 is 0 Å². The summed E-state index contributed by atoms with van der Waals surface area (Å²) in [5.41, 5.74) is 2.61. The zero-order valence-electron chi connectivity index (χ0n) is 15.0. The Kier molecular flexibility index (Phi) is 6.73. The van der Waals surface area contributed by atoms with E-state index in [0.29, 0.717) is 5.69 Å². The lowest BCUT2D eigenvalue weighted by Crippen LogP contribution is -2.31. The van der Waals surface area contributed by atoms with E-state index in [0.717, 1.165) is 0 Å². The fraction of sp³-hybridized carbons (Fsp3) is 0.267. The van der Waals surface area contributed by atoms with Crippen LogP contribution in [0.1, 0.15) is 16.1 Å². The molecule has 0 saturated heterocycles. The Morgan fingerprint density at radius 2 is 2.00 bits per heavy atom. The van der Waals surface area contributed by atoms with Gasteiger partial charge in [0.1, 0.15) is 0 Å². The number of hydrogen-bond acceptors (Lipinski definition) is 8. The average Bonchev–Trinajstić information content (AvgIpc) is 2.64. The summed E-state index contributed by atoms with van der Waals surface area (Å²) in [6, 6.07) is 3.70. The second-order valence-electron chi connectivity index (χ2n) is 5.31. The molecule has 12 heteroatoms. The molecule has 27 heavy (non-hydrogen) atoms. The molecule has 2 N–H and O–H groups in total. The number of hydroxylamine groups is 1. The summed E-state index contributed by atoms with van der Waals surface area (Å²) >= 11 is -2.22. The molecule has 0 fully saturated rings. The Hall–Kier alpha value is -3.12. The van der Waals surface area contributed by atoms with Crippen molar-refractivity contribution in [3.8, 4) is 5.88 Å². The summed E-state index contributed by atoms with van der Waals surface area (Å²) in [5.74, 6) is -0.164. The molecule has 3 amide bonds. The van der Waals surface area contributed by atoms with Gasteiger partial charge in [0.2, 0.25) is 22.9 Å². The first-order valence-corrected chi connectivity index (χ1v) is 8.61. The molecule has 144 valence electrons. The van der Waals surface area contributed by atoms with Crippen molar-refractivity contribution >= 4 is 29.0 Å². The van der Waals surface area contributed by atoms with Crippen LogP contribution in [0.4, 0.5) is 10.7 Å². The van der Waals surface area contributed by atoms with Crippen LogP contribution in [0, 0.1) is 6.92 Å². The molecule has 0 bridgehead atoms. The smallest absolute Gasteiger partial charge is 0.346 e. The lowest BCUT2D eigenvalue weighted by atomic mass is 10.2. The lowest BCUT2D eigenvalue weighted by molar-refractivity contribution is 0.0822. The number of pyridine rings is 1. The molecule has 0 saturated carbocycles. The fourth-order valence-corrected chi connectivity index (χ4v) is 2.58. The number of methoxy groups -OCH3 is 1. The molecule has 2 heterocycles. The molecule has 1 atom stereocenters. The maximum atomic E-state index is 12.3. The second-order valence-corrected chi connectivity index (χ2v) is 6.33. The topological polar surface area (TPSA) is 136 Å². The molecule has 0 spiro atoms. The highest BCUT2D eigenvalue weighted by Crippen LogP contribution is 2.13. The zero-order chi connectivity index (χ0) is 20.0. The van der Waals surface area contributed by atoms with Crippen LogP contribution in [0.3, 0.4) is 0 Å². The number of carbonyl (C=O) groups is 2. The Morgan fingerprint density at radius 1 is 1.26 bits per heavy atom. The third-order valence-electron chi connectivity index (χ3n) is 3.04. The first-order chi connectivity index (χ1) is 12.8. The van der Waals surface area contributed by atoms with Crippen LogP contribution in [0.25, 0.3) is 0 Å². The van der Waals surface area contributed by atoms with E-state index in [9.17, 15) is 13.8 Å². The minimum atomic E-state index is -2.22. The SMILES string of the molecule is COc1cc(C)nc(NC(=O)NOS(=O)c2ncccc2C(=O)N(C)C)n1. The van der Waals surface area contributed by atoms with E-state index in [2.05, 4.69) is 20.3 Å². The van der Waals surface area contributed by atoms with Crippen LogP contribution in [0.5, 0.6) is 5.88 Å². The van der Waals surface area contributed by atoms with Gasteiger partial charge in [0.05, 0.1) is 12.7 Å². The van der Waals surface area contributed by atoms with E-state index in [1.165, 1.54) is 30.3 Å². The number of amides is 3. The van der Waals surface area contributed by atoms with Gasteiger partial charge in [0.15, 0.2) is 5.03 Å². The lowest BCUT2D eigenvalue weighted by Gasteiger charge is -2.12. The van der Waals surface area contributed by atoms with Gasteiger partial charge >= 0.3 is 6.03 Å². The number of nitrogens with one attached hydrogen (secondary N) is 2. The first-order valence-electron chi connectivity index (χ1n) is 7.54. The van der Waals surface area contributed by atoms with Crippen molar-refractivity contribution < 1.29 is 22.8 Å². The Bertz CT molecular complexity index is 876. The van der Waals surface area contributed by atoms with Crippen molar-refractivity contribution in [1.29, 1.82) is 0 Å². The van der Waals surface area contributed by atoms with Crippen LogP contribution in [-0.4, -0.2) is 57.2 Å². The molecule has 11 nitrogen and oxygen atoms in total. The Balaban J connectivity index is 2.03. The van der Waals surface area contributed by atoms with E-state index in [4.69, 9.17) is 9.02 Å². The van der Waals surface area contributed by atoms with E-state index in [-0.39, 0.29) is 22.4 Å². The number of ether oxygens (including phenoxy) is 1. The van der Waals surface area contributed by atoms with Crippen molar-refractivity contribution in [1.82, 2.24) is 25.3 Å². The summed E-state index contributed by atoms with van der Waals surface area (Å²) in [4.78, 5) is 37.1. The minimum absolute atomic E-state index is 0.0277. The van der Waals surface area contributed by atoms with E-state index < -0.39 is 23.0 Å². The van der Waals surface area contributed by atoms with Crippen molar-refractivity contribution in [3.05, 3.63) is 35.7 Å². The van der Waals surface area contributed by atoms with Gasteiger partial charge in [0, 0.05) is 32.1 Å². The molecule has 2 aromatic heterocycles. The molecule has 0 radical (unpaired) electrons. The number of nitrogens with zero attached hydrogens (tertiary/aromatic N) is 4. The van der Waals surface area contributed by atoms with Crippen LogP contribution in [0.2, 0.25) is 0 Å². The van der Waals surface area contributed by atoms with Crippen molar-refractivity contribution in [2.75, 3.05) is 26.5 Å². The first kappa shape index (κ1) is 20.2. The molecular formula is C15H18N6O5S. The molecule has 2 aromatic rings. The largest absolute Gasteiger partial charge is 0.481 e. The van der Waals surface area contributed by atoms with Crippen LogP contribution < -0.4 is 15.5 Å². The highest BCUT2D eigenvalue weighted by Gasteiger charge is 2.20. The van der Waals surface area contributed by atoms with Gasteiger partial charge in [0.25, 0.3) is 5.91 Å². The van der Waals surface area contributed by atoms with Gasteiger partial charge in [-0.2, -0.15) is 9.27 Å². The quantitative estimate of drug-likeness (QED) is 0.682. The number of hydrogen-bond donors (Lipinski definition) is 2. The predicted octanol–water partition coefficient (Wildman–Crippen LogP) is 0.666. The van der Waals surface area contributed by atoms with E-state index in [1.807, 2.05) is 5.48 Å². The summed E-state index contributed by atoms with van der Waals surface area (Å²) < 4.78 is 22.1. The molecular weight excluding hydrogens is 376 g/mol. The molecule has 2 rings (SSSR count). The van der Waals surface area contributed by atoms with Gasteiger partial charge < -0.3 is 9.64 Å². The maximum absolute atomic E-state index is 12.3. The van der Waals surface area contributed by atoms with E-state index >= 15 is 0 Å². The third-order valence-corrected chi connectivity index (χ3v) is 3.92. The summed E-state index contributed by atoms with van der Waals surface area (Å²) in [7, 11) is 4.52. The highest BCUT2D eigenvalue weighted by molar-refractivity contribution is 7.80. The molecule has 0 aliphatic rings. The van der Waals surface area contributed by atoms with Gasteiger partial charge in [-0.05, 0) is 19.1 Å². The van der Waals surface area contributed by atoms with Crippen molar-refractivity contribution in [3.63, 3.8) is 0 Å². The van der Waals surface area contributed by atoms with Gasteiger partial charge in [-0.1, -0.05) is 0 Å². The standard InChI is InChI=1S/C15H18N6O5S/c1-9-8-11(25-4)18-14(17-9)19-15(23)20-26-27(24)12-10(6-5-7-16-12)13(22)21(2)3/h5-8H,1-4H3,(H2,17,18,19,20,23). The van der Waals surface area contributed by atoms with Gasteiger partial charge in [-0.15, -0.1) is 0 Å². The normalized spacial score (nSPS) is 11.4. The number of anilines is 1. The minimum Gasteiger partial charge on any atom is -0.481 e. The third kappa shape index (κ3) is 5.43. The van der Waals surface area contributed by atoms with Crippen LogP contribution in [0.15, 0.2) is 29.4 Å². The highest BCUT2D eigenvalue weighted by atomic mass is 32.2. The molecule has 1 unspecified atom stereocenters. The zero-order valence-corrected chi connectivity index (χ0v) is 15.9. The fourth-order valence-electron chi connectivity index (χ4n) is 1.87. The number of carbonyl (C=O) groups excluding carboxylic acids is 2. The number of aryl methyl sites for hydroxylation is 1. The average molecular weight is 394 g/mol. The van der Waals surface area contributed by atoms with Gasteiger partial charge in [-0.25, -0.2) is 24.5 Å². The second kappa shape index (κ2) is 9.00. The summed E-state index contributed by atoms with van der Waals surface area (Å²) in [6.45, 7) is 1.70. The maximum Gasteiger partial charge on any atom is 0.346 e. The van der Waals surface area contributed by atoms with Crippen molar-refractivity contribution in [2.45, 2.75) is 11.9 Å². The van der Waals surface area contributed by atoms with Crippen molar-refractivity contribution in [2.24, 2.45) is 0 Å². The molecule has 0 aromatic carbocycles. The predicted molar refractivity (Wildman–Crippen MR) is 95.2 cm³/mol. The summed E-state index contributed by atoms with van der Waals surface area (Å²) in [5, 5.41) is 2.19. The number of urea groups is 1. The van der Waals surface area contributed by atoms with Gasteiger partial charge in [-0.3, -0.25) is 10.1 Å². The molecule has 0 aliphatic heterocycles. The number of rotatable bonds is 6.